The lowest BCUT2D eigenvalue weighted by atomic mass is 9.68. The first-order chi connectivity index (χ1) is 4.27. The molecule has 0 nitrogen and oxygen atoms in total. The predicted molar refractivity (Wildman–Crippen MR) is 45.1 cm³/mol. The predicted octanol–water partition coefficient (Wildman–Crippen LogP) is 2.98. The van der Waals surface area contributed by atoms with Crippen molar-refractivity contribution in [2.24, 2.45) is 5.92 Å². The third-order valence-corrected chi connectivity index (χ3v) is 1.44. The van der Waals surface area contributed by atoms with Crippen LogP contribution < -0.4 is 0 Å². The van der Waals surface area contributed by atoms with Crippen molar-refractivity contribution < 1.29 is 0 Å². The van der Waals surface area contributed by atoms with Crippen LogP contribution in [-0.4, -0.2) is 7.28 Å². The zero-order valence-corrected chi connectivity index (χ0v) is 6.98. The third-order valence-electron chi connectivity index (χ3n) is 1.44. The van der Waals surface area contributed by atoms with Crippen molar-refractivity contribution in [1.82, 2.24) is 0 Å². The molecule has 0 unspecified atom stereocenters. The molecule has 0 fully saturated rings. The van der Waals surface area contributed by atoms with Gasteiger partial charge in [-0.05, 0) is 5.92 Å². The fourth-order valence-corrected chi connectivity index (χ4v) is 0.800. The zero-order valence-electron chi connectivity index (χ0n) is 6.98. The van der Waals surface area contributed by atoms with Gasteiger partial charge in [0.25, 0.3) is 0 Å². The third kappa shape index (κ3) is 8.06. The summed E-state index contributed by atoms with van der Waals surface area (Å²) in [7, 11) is 2.40. The summed E-state index contributed by atoms with van der Waals surface area (Å²) in [5.74, 6) is 0.873. The Morgan fingerprint density at radius 1 is 1.22 bits per heavy atom. The van der Waals surface area contributed by atoms with Crippen LogP contribution >= 0.6 is 0 Å². The maximum absolute atomic E-state index is 2.40. The van der Waals surface area contributed by atoms with Gasteiger partial charge < -0.3 is 0 Å². The molecule has 0 rings (SSSR count). The Bertz CT molecular complexity index is 50.5. The summed E-state index contributed by atoms with van der Waals surface area (Å²) >= 11 is 0. The molecular weight excluding hydrogens is 107 g/mol. The molecule has 0 amide bonds. The maximum atomic E-state index is 2.40. The molecule has 0 aromatic carbocycles. The average molecular weight is 125 g/mol. The van der Waals surface area contributed by atoms with Crippen molar-refractivity contribution in [3.8, 4) is 0 Å². The molecule has 0 aromatic rings. The van der Waals surface area contributed by atoms with Gasteiger partial charge in [0, 0.05) is 0 Å². The molecule has 0 atom stereocenters. The Morgan fingerprint density at radius 3 is 2.33 bits per heavy atom. The summed E-state index contributed by atoms with van der Waals surface area (Å²) in [5.41, 5.74) is 0. The van der Waals surface area contributed by atoms with Gasteiger partial charge >= 0.3 is 0 Å². The van der Waals surface area contributed by atoms with Crippen LogP contribution in [0, 0.1) is 5.92 Å². The van der Waals surface area contributed by atoms with Gasteiger partial charge in [0.15, 0.2) is 0 Å². The highest BCUT2D eigenvalue weighted by molar-refractivity contribution is 6.35. The van der Waals surface area contributed by atoms with Crippen LogP contribution in [0.2, 0.25) is 12.6 Å². The molecule has 0 saturated heterocycles. The lowest BCUT2D eigenvalue weighted by Crippen LogP contribution is -1.92. The molecular formula is C8H18B. The van der Waals surface area contributed by atoms with Gasteiger partial charge in [-0.15, -0.1) is 0 Å². The summed E-state index contributed by atoms with van der Waals surface area (Å²) in [6, 6.07) is 0. The Morgan fingerprint density at radius 2 is 1.89 bits per heavy atom. The van der Waals surface area contributed by atoms with Crippen molar-refractivity contribution in [1.29, 1.82) is 0 Å². The van der Waals surface area contributed by atoms with E-state index in [2.05, 4.69) is 28.1 Å². The standard InChI is InChI=1S/C8H18B/c1-4-6-9-7-5-8(2)3/h8H,4-7H2,1-3H3. The van der Waals surface area contributed by atoms with Gasteiger partial charge in [-0.2, -0.15) is 0 Å². The molecule has 0 spiro atoms. The summed E-state index contributed by atoms with van der Waals surface area (Å²) in [5, 5.41) is 0. The minimum Gasteiger partial charge on any atom is -0.0806 e. The second-order valence-electron chi connectivity index (χ2n) is 3.05. The monoisotopic (exact) mass is 125 g/mol. The zero-order chi connectivity index (χ0) is 7.11. The number of hydrogen-bond acceptors (Lipinski definition) is 0. The van der Waals surface area contributed by atoms with E-state index in [9.17, 15) is 0 Å². The van der Waals surface area contributed by atoms with Crippen LogP contribution in [0.5, 0.6) is 0 Å². The van der Waals surface area contributed by atoms with Crippen molar-refractivity contribution in [3.63, 3.8) is 0 Å². The van der Waals surface area contributed by atoms with Crippen molar-refractivity contribution >= 4 is 7.28 Å². The summed E-state index contributed by atoms with van der Waals surface area (Å²) < 4.78 is 0. The molecule has 53 valence electrons. The van der Waals surface area contributed by atoms with E-state index in [1.165, 1.54) is 25.5 Å². The second kappa shape index (κ2) is 6.19. The van der Waals surface area contributed by atoms with E-state index in [0.29, 0.717) is 0 Å². The quantitative estimate of drug-likeness (QED) is 0.391. The molecule has 0 aliphatic rings. The first-order valence-corrected chi connectivity index (χ1v) is 4.09. The van der Waals surface area contributed by atoms with E-state index in [1.54, 1.807) is 0 Å². The molecule has 0 heterocycles. The van der Waals surface area contributed by atoms with Crippen molar-refractivity contribution in [2.75, 3.05) is 0 Å². The Balaban J connectivity index is 2.75. The van der Waals surface area contributed by atoms with Gasteiger partial charge in [-0.3, -0.25) is 0 Å². The number of hydrogen-bond donors (Lipinski definition) is 0. The molecule has 9 heavy (non-hydrogen) atoms. The van der Waals surface area contributed by atoms with Gasteiger partial charge in [-0.1, -0.05) is 46.3 Å². The van der Waals surface area contributed by atoms with E-state index in [4.69, 9.17) is 0 Å². The topological polar surface area (TPSA) is 0 Å². The largest absolute Gasteiger partial charge is 0.109 e. The summed E-state index contributed by atoms with van der Waals surface area (Å²) in [4.78, 5) is 0. The SMILES string of the molecule is CCC[B]CCC(C)C. The molecule has 0 saturated carbocycles. The van der Waals surface area contributed by atoms with E-state index >= 15 is 0 Å². The number of rotatable bonds is 5. The maximum Gasteiger partial charge on any atom is 0.109 e. The van der Waals surface area contributed by atoms with Crippen LogP contribution in [0.25, 0.3) is 0 Å². The minimum atomic E-state index is 0.873. The minimum absolute atomic E-state index is 0.873. The first kappa shape index (κ1) is 9.06. The van der Waals surface area contributed by atoms with E-state index in [1.807, 2.05) is 0 Å². The molecule has 0 N–H and O–H groups in total. The Hall–Kier alpha value is 0.0649. The second-order valence-corrected chi connectivity index (χ2v) is 3.05. The molecule has 0 aliphatic carbocycles. The van der Waals surface area contributed by atoms with Crippen LogP contribution in [0.1, 0.15) is 33.6 Å². The van der Waals surface area contributed by atoms with Crippen molar-refractivity contribution in [2.45, 2.75) is 46.3 Å². The molecule has 1 heteroatoms. The smallest absolute Gasteiger partial charge is 0.0806 e. The highest BCUT2D eigenvalue weighted by Gasteiger charge is 1.93. The first-order valence-electron chi connectivity index (χ1n) is 4.09. The lowest BCUT2D eigenvalue weighted by Gasteiger charge is -2.00. The normalized spacial score (nSPS) is 10.2. The highest BCUT2D eigenvalue weighted by atomic mass is 13.9. The fourth-order valence-electron chi connectivity index (χ4n) is 0.800. The molecule has 0 bridgehead atoms. The lowest BCUT2D eigenvalue weighted by molar-refractivity contribution is 0.623. The van der Waals surface area contributed by atoms with Gasteiger partial charge in [0.05, 0.1) is 0 Å². The van der Waals surface area contributed by atoms with Crippen LogP contribution in [0.15, 0.2) is 0 Å². The van der Waals surface area contributed by atoms with Crippen LogP contribution in [0.3, 0.4) is 0 Å². The Labute approximate surface area is 60.3 Å². The summed E-state index contributed by atoms with van der Waals surface area (Å²) in [6.45, 7) is 6.78. The molecule has 0 aromatic heterocycles. The van der Waals surface area contributed by atoms with E-state index in [-0.39, 0.29) is 0 Å². The van der Waals surface area contributed by atoms with E-state index < -0.39 is 0 Å². The fraction of sp³-hybridized carbons (Fsp3) is 1.00. The summed E-state index contributed by atoms with van der Waals surface area (Å²) in [6.07, 6.45) is 5.27. The van der Waals surface area contributed by atoms with Gasteiger partial charge in [-0.25, -0.2) is 0 Å². The van der Waals surface area contributed by atoms with Crippen LogP contribution in [-0.2, 0) is 0 Å². The molecule has 1 radical (unpaired) electrons. The van der Waals surface area contributed by atoms with Crippen LogP contribution in [0.4, 0.5) is 0 Å². The highest BCUT2D eigenvalue weighted by Crippen LogP contribution is 2.04. The Kier molecular flexibility index (Phi) is 6.23. The molecule has 0 aliphatic heterocycles. The van der Waals surface area contributed by atoms with E-state index in [0.717, 1.165) is 5.92 Å². The van der Waals surface area contributed by atoms with Gasteiger partial charge in [0.1, 0.15) is 7.28 Å². The van der Waals surface area contributed by atoms with Crippen molar-refractivity contribution in [3.05, 3.63) is 0 Å². The van der Waals surface area contributed by atoms with Gasteiger partial charge in [0.2, 0.25) is 0 Å². The average Bonchev–Trinajstić information content (AvgIpc) is 1.80.